The zero-order valence-corrected chi connectivity index (χ0v) is 11.7. The summed E-state index contributed by atoms with van der Waals surface area (Å²) in [5.41, 5.74) is 6.30. The Kier molecular flexibility index (Phi) is 4.77. The second-order valence-electron chi connectivity index (χ2n) is 4.09. The Bertz CT molecular complexity index is 787. The number of hydrogen-bond donors (Lipinski definition) is 3. The minimum absolute atomic E-state index is 0.212. The van der Waals surface area contributed by atoms with E-state index in [0.717, 1.165) is 0 Å². The molecule has 1 aromatic heterocycles. The lowest BCUT2D eigenvalue weighted by Gasteiger charge is -2.08. The summed E-state index contributed by atoms with van der Waals surface area (Å²) in [5, 5.41) is 3.15. The van der Waals surface area contributed by atoms with E-state index in [1.54, 1.807) is 18.2 Å². The normalized spacial score (nSPS) is 9.62. The highest BCUT2D eigenvalue weighted by atomic mass is 35.5. The third-order valence-electron chi connectivity index (χ3n) is 2.59. The predicted octanol–water partition coefficient (Wildman–Crippen LogP) is 1.59. The number of hydrogen-bond acceptors (Lipinski definition) is 3. The van der Waals surface area contributed by atoms with Gasteiger partial charge in [-0.05, 0) is 24.3 Å². The van der Waals surface area contributed by atoms with Gasteiger partial charge in [-0.15, -0.1) is 0 Å². The van der Waals surface area contributed by atoms with Gasteiger partial charge in [-0.2, -0.15) is 0 Å². The van der Waals surface area contributed by atoms with Crippen LogP contribution in [0.25, 0.3) is 0 Å². The highest BCUT2D eigenvalue weighted by Gasteiger charge is 2.09. The summed E-state index contributed by atoms with van der Waals surface area (Å²) in [6, 6.07) is 7.67. The van der Waals surface area contributed by atoms with Crippen LogP contribution in [0.3, 0.4) is 0 Å². The molecule has 2 rings (SSSR count). The van der Waals surface area contributed by atoms with E-state index in [2.05, 4.69) is 22.1 Å². The minimum Gasteiger partial charge on any atom is -0.329 e. The van der Waals surface area contributed by atoms with Crippen molar-refractivity contribution in [2.45, 2.75) is 0 Å². The number of nitrogens with one attached hydrogen (secondary N) is 2. The van der Waals surface area contributed by atoms with Crippen molar-refractivity contribution in [2.24, 2.45) is 5.73 Å². The fourth-order valence-electron chi connectivity index (χ4n) is 1.66. The minimum atomic E-state index is -0.417. The molecule has 0 fully saturated rings. The van der Waals surface area contributed by atoms with Crippen LogP contribution in [0.1, 0.15) is 15.9 Å². The van der Waals surface area contributed by atoms with Gasteiger partial charge in [0.2, 0.25) is 5.56 Å². The fraction of sp³-hybridized carbons (Fsp3) is 0.0667. The van der Waals surface area contributed by atoms with Crippen LogP contribution in [-0.4, -0.2) is 17.4 Å². The number of rotatable bonds is 2. The SMILES string of the molecule is NCC#Cc1ccc(Cl)cc1NC(=O)c1cc[nH]c(=O)c1. The second-order valence-corrected chi connectivity index (χ2v) is 4.53. The van der Waals surface area contributed by atoms with Crippen molar-refractivity contribution in [3.63, 3.8) is 0 Å². The lowest BCUT2D eigenvalue weighted by atomic mass is 10.1. The van der Waals surface area contributed by atoms with Gasteiger partial charge in [0.05, 0.1) is 12.2 Å². The molecule has 0 aliphatic rings. The van der Waals surface area contributed by atoms with Crippen LogP contribution in [0, 0.1) is 11.8 Å². The maximum absolute atomic E-state index is 12.1. The van der Waals surface area contributed by atoms with Gasteiger partial charge in [0.15, 0.2) is 0 Å². The van der Waals surface area contributed by atoms with Crippen LogP contribution in [0.15, 0.2) is 41.3 Å². The molecule has 1 heterocycles. The van der Waals surface area contributed by atoms with Crippen LogP contribution >= 0.6 is 11.6 Å². The Morgan fingerprint density at radius 3 is 2.86 bits per heavy atom. The monoisotopic (exact) mass is 301 g/mol. The average Bonchev–Trinajstić information content (AvgIpc) is 2.46. The molecule has 0 bridgehead atoms. The molecule has 0 saturated heterocycles. The summed E-state index contributed by atoms with van der Waals surface area (Å²) in [6.07, 6.45) is 1.41. The Balaban J connectivity index is 2.32. The van der Waals surface area contributed by atoms with Crippen LogP contribution < -0.4 is 16.6 Å². The van der Waals surface area contributed by atoms with Gasteiger partial charge in [-0.1, -0.05) is 23.4 Å². The van der Waals surface area contributed by atoms with Gasteiger partial charge in [0.25, 0.3) is 5.91 Å². The Morgan fingerprint density at radius 2 is 2.14 bits per heavy atom. The molecular formula is C15H12ClN3O2. The van der Waals surface area contributed by atoms with Crippen LogP contribution in [0.5, 0.6) is 0 Å². The van der Waals surface area contributed by atoms with E-state index in [0.29, 0.717) is 16.3 Å². The van der Waals surface area contributed by atoms with E-state index in [1.807, 2.05) is 0 Å². The van der Waals surface area contributed by atoms with E-state index in [-0.39, 0.29) is 17.7 Å². The lowest BCUT2D eigenvalue weighted by molar-refractivity contribution is 0.102. The van der Waals surface area contributed by atoms with Gasteiger partial charge in [-0.25, -0.2) is 0 Å². The molecule has 21 heavy (non-hydrogen) atoms. The van der Waals surface area contributed by atoms with E-state index >= 15 is 0 Å². The maximum atomic E-state index is 12.1. The molecule has 0 spiro atoms. The molecule has 0 aliphatic carbocycles. The molecule has 106 valence electrons. The van der Waals surface area contributed by atoms with Gasteiger partial charge in [0, 0.05) is 28.4 Å². The molecule has 5 nitrogen and oxygen atoms in total. The standard InChI is InChI=1S/C15H12ClN3O2/c16-12-4-3-10(2-1-6-17)13(9-12)19-15(21)11-5-7-18-14(20)8-11/h3-5,7-9H,6,17H2,(H,18,20)(H,19,21). The van der Waals surface area contributed by atoms with Crippen molar-refractivity contribution in [3.8, 4) is 11.8 Å². The molecule has 0 aliphatic heterocycles. The highest BCUT2D eigenvalue weighted by molar-refractivity contribution is 6.31. The van der Waals surface area contributed by atoms with E-state index in [9.17, 15) is 9.59 Å². The molecule has 0 radical (unpaired) electrons. The Hall–Kier alpha value is -2.55. The first-order valence-corrected chi connectivity index (χ1v) is 6.46. The number of halogens is 1. The van der Waals surface area contributed by atoms with E-state index < -0.39 is 5.91 Å². The zero-order chi connectivity index (χ0) is 15.2. The molecule has 0 atom stereocenters. The number of pyridine rings is 1. The predicted molar refractivity (Wildman–Crippen MR) is 82.4 cm³/mol. The van der Waals surface area contributed by atoms with Crippen molar-refractivity contribution >= 4 is 23.2 Å². The topological polar surface area (TPSA) is 88.0 Å². The molecule has 2 aromatic rings. The number of benzene rings is 1. The lowest BCUT2D eigenvalue weighted by Crippen LogP contribution is -2.16. The van der Waals surface area contributed by atoms with Crippen molar-refractivity contribution in [3.05, 3.63) is 63.0 Å². The van der Waals surface area contributed by atoms with E-state index in [4.69, 9.17) is 17.3 Å². The number of anilines is 1. The fourth-order valence-corrected chi connectivity index (χ4v) is 1.83. The first-order valence-electron chi connectivity index (χ1n) is 6.09. The zero-order valence-electron chi connectivity index (χ0n) is 10.9. The Morgan fingerprint density at radius 1 is 1.33 bits per heavy atom. The highest BCUT2D eigenvalue weighted by Crippen LogP contribution is 2.21. The van der Waals surface area contributed by atoms with E-state index in [1.165, 1.54) is 18.3 Å². The molecule has 6 heteroatoms. The number of nitrogens with two attached hydrogens (primary N) is 1. The number of carbonyl (C=O) groups excluding carboxylic acids is 1. The Labute approximate surface area is 126 Å². The second kappa shape index (κ2) is 6.75. The average molecular weight is 302 g/mol. The largest absolute Gasteiger partial charge is 0.329 e. The molecule has 0 unspecified atom stereocenters. The summed E-state index contributed by atoms with van der Waals surface area (Å²) in [6.45, 7) is 0.212. The summed E-state index contributed by atoms with van der Waals surface area (Å²) < 4.78 is 0. The van der Waals surface area contributed by atoms with Crippen LogP contribution in [-0.2, 0) is 0 Å². The number of aromatic amines is 1. The molecular weight excluding hydrogens is 290 g/mol. The van der Waals surface area contributed by atoms with Gasteiger partial charge < -0.3 is 16.0 Å². The summed E-state index contributed by atoms with van der Waals surface area (Å²) in [7, 11) is 0. The number of aromatic nitrogens is 1. The third-order valence-corrected chi connectivity index (χ3v) is 2.83. The van der Waals surface area contributed by atoms with Crippen LogP contribution in [0.2, 0.25) is 5.02 Å². The first-order chi connectivity index (χ1) is 10.1. The number of amides is 1. The number of H-pyrrole nitrogens is 1. The van der Waals surface area contributed by atoms with Crippen molar-refractivity contribution in [2.75, 3.05) is 11.9 Å². The third kappa shape index (κ3) is 3.96. The van der Waals surface area contributed by atoms with Gasteiger partial charge >= 0.3 is 0 Å². The molecule has 1 amide bonds. The molecule has 4 N–H and O–H groups in total. The smallest absolute Gasteiger partial charge is 0.255 e. The van der Waals surface area contributed by atoms with Crippen LogP contribution in [0.4, 0.5) is 5.69 Å². The van der Waals surface area contributed by atoms with Crippen molar-refractivity contribution < 1.29 is 4.79 Å². The summed E-state index contributed by atoms with van der Waals surface area (Å²) in [5.74, 6) is 5.15. The maximum Gasteiger partial charge on any atom is 0.255 e. The summed E-state index contributed by atoms with van der Waals surface area (Å²) in [4.78, 5) is 25.8. The molecule has 1 aromatic carbocycles. The molecule has 0 saturated carbocycles. The quantitative estimate of drug-likeness (QED) is 0.736. The van der Waals surface area contributed by atoms with Crippen molar-refractivity contribution in [1.82, 2.24) is 4.98 Å². The first kappa shape index (κ1) is 14.9. The van der Waals surface area contributed by atoms with Crippen molar-refractivity contribution in [1.29, 1.82) is 0 Å². The number of carbonyl (C=O) groups is 1. The van der Waals surface area contributed by atoms with Gasteiger partial charge in [-0.3, -0.25) is 9.59 Å². The summed E-state index contributed by atoms with van der Waals surface area (Å²) >= 11 is 5.93. The van der Waals surface area contributed by atoms with Gasteiger partial charge in [0.1, 0.15) is 0 Å².